The molecule has 0 spiro atoms. The molecular weight excluding hydrogens is 388 g/mol. The summed E-state index contributed by atoms with van der Waals surface area (Å²) in [6.45, 7) is 1.41. The molecule has 31 heavy (non-hydrogen) atoms. The summed E-state index contributed by atoms with van der Waals surface area (Å²) >= 11 is 0. The number of rotatable bonds is 6. The summed E-state index contributed by atoms with van der Waals surface area (Å²) in [6.07, 6.45) is 0.898. The predicted molar refractivity (Wildman–Crippen MR) is 120 cm³/mol. The summed E-state index contributed by atoms with van der Waals surface area (Å²) in [5.41, 5.74) is 10.0. The third kappa shape index (κ3) is 5.19. The fourth-order valence-corrected chi connectivity index (χ4v) is 3.70. The molecule has 4 rings (SSSR count). The van der Waals surface area contributed by atoms with Gasteiger partial charge in [0.15, 0.2) is 0 Å². The molecule has 1 amide bonds. The van der Waals surface area contributed by atoms with Crippen LogP contribution in [0.15, 0.2) is 78.9 Å². The van der Waals surface area contributed by atoms with Crippen molar-refractivity contribution in [1.29, 1.82) is 0 Å². The van der Waals surface area contributed by atoms with Crippen LogP contribution in [-0.2, 0) is 11.4 Å². The van der Waals surface area contributed by atoms with Gasteiger partial charge in [0.2, 0.25) is 0 Å². The standard InChI is InChI=1S/C26H26N2O3/c27-25(20-5-2-1-3-6-20)22-7-4-8-24(17-22)31-18-19-9-11-21(12-10-19)26(30)28-15-13-23(29)14-16-28/h1-12,17,25H,13-16,18,27H2. The second-order valence-electron chi connectivity index (χ2n) is 7.78. The van der Waals surface area contributed by atoms with Gasteiger partial charge < -0.3 is 15.4 Å². The number of nitrogens with two attached hydrogens (primary N) is 1. The second kappa shape index (κ2) is 9.58. The minimum atomic E-state index is -0.208. The van der Waals surface area contributed by atoms with Crippen LogP contribution in [0.3, 0.4) is 0 Å². The number of amides is 1. The van der Waals surface area contributed by atoms with E-state index in [2.05, 4.69) is 0 Å². The zero-order valence-electron chi connectivity index (χ0n) is 17.4. The van der Waals surface area contributed by atoms with Gasteiger partial charge in [-0.3, -0.25) is 9.59 Å². The first-order chi connectivity index (χ1) is 15.1. The summed E-state index contributed by atoms with van der Waals surface area (Å²) in [6, 6.07) is 25.0. The van der Waals surface area contributed by atoms with Gasteiger partial charge in [0.1, 0.15) is 18.1 Å². The Hall–Kier alpha value is -3.44. The van der Waals surface area contributed by atoms with Crippen LogP contribution in [0.4, 0.5) is 0 Å². The van der Waals surface area contributed by atoms with Crippen LogP contribution in [0, 0.1) is 0 Å². The van der Waals surface area contributed by atoms with Crippen LogP contribution in [0.5, 0.6) is 5.75 Å². The van der Waals surface area contributed by atoms with E-state index in [1.165, 1.54) is 0 Å². The van der Waals surface area contributed by atoms with Crippen molar-refractivity contribution in [3.05, 3.63) is 101 Å². The molecule has 0 aromatic heterocycles. The molecule has 0 bridgehead atoms. The monoisotopic (exact) mass is 414 g/mol. The quantitative estimate of drug-likeness (QED) is 0.659. The summed E-state index contributed by atoms with van der Waals surface area (Å²) < 4.78 is 5.96. The average Bonchev–Trinajstić information content (AvgIpc) is 2.83. The highest BCUT2D eigenvalue weighted by atomic mass is 16.5. The number of benzene rings is 3. The molecule has 0 saturated carbocycles. The van der Waals surface area contributed by atoms with Crippen LogP contribution in [-0.4, -0.2) is 29.7 Å². The minimum Gasteiger partial charge on any atom is -0.489 e. The first-order valence-corrected chi connectivity index (χ1v) is 10.5. The van der Waals surface area contributed by atoms with Gasteiger partial charge in [0.25, 0.3) is 5.91 Å². The van der Waals surface area contributed by atoms with E-state index in [9.17, 15) is 9.59 Å². The van der Waals surface area contributed by atoms with Crippen molar-refractivity contribution in [2.24, 2.45) is 5.73 Å². The molecule has 5 heteroatoms. The smallest absolute Gasteiger partial charge is 0.253 e. The van der Waals surface area contributed by atoms with E-state index in [-0.39, 0.29) is 17.7 Å². The highest BCUT2D eigenvalue weighted by Crippen LogP contribution is 2.24. The van der Waals surface area contributed by atoms with Gasteiger partial charge in [-0.05, 0) is 41.0 Å². The molecule has 1 heterocycles. The number of ketones is 1. The first-order valence-electron chi connectivity index (χ1n) is 10.5. The maximum atomic E-state index is 12.6. The van der Waals surface area contributed by atoms with Crippen LogP contribution in [0.1, 0.15) is 45.9 Å². The van der Waals surface area contributed by atoms with Crippen LogP contribution in [0.2, 0.25) is 0 Å². The maximum Gasteiger partial charge on any atom is 0.253 e. The number of likely N-dealkylation sites (tertiary alicyclic amines) is 1. The fourth-order valence-electron chi connectivity index (χ4n) is 3.70. The highest BCUT2D eigenvalue weighted by Gasteiger charge is 2.21. The molecule has 1 saturated heterocycles. The molecule has 1 aliphatic rings. The van der Waals surface area contributed by atoms with Crippen molar-refractivity contribution < 1.29 is 14.3 Å². The van der Waals surface area contributed by atoms with Gasteiger partial charge >= 0.3 is 0 Å². The van der Waals surface area contributed by atoms with Crippen molar-refractivity contribution in [3.8, 4) is 5.75 Å². The number of carbonyl (C=O) groups excluding carboxylic acids is 2. The summed E-state index contributed by atoms with van der Waals surface area (Å²) in [4.78, 5) is 25.7. The van der Waals surface area contributed by atoms with Crippen molar-refractivity contribution in [3.63, 3.8) is 0 Å². The number of hydrogen-bond donors (Lipinski definition) is 1. The molecular formula is C26H26N2O3. The molecule has 3 aromatic carbocycles. The Kier molecular flexibility index (Phi) is 6.43. The number of hydrogen-bond acceptors (Lipinski definition) is 4. The summed E-state index contributed by atoms with van der Waals surface area (Å²) in [5, 5.41) is 0. The Bertz CT molecular complexity index is 1040. The average molecular weight is 415 g/mol. The van der Waals surface area contributed by atoms with Crippen molar-refractivity contribution in [2.45, 2.75) is 25.5 Å². The molecule has 1 atom stereocenters. The Balaban J connectivity index is 1.36. The van der Waals surface area contributed by atoms with E-state index in [0.717, 1.165) is 22.4 Å². The normalized spacial score (nSPS) is 14.9. The van der Waals surface area contributed by atoms with E-state index in [1.54, 1.807) is 4.90 Å². The van der Waals surface area contributed by atoms with Crippen molar-refractivity contribution in [2.75, 3.05) is 13.1 Å². The zero-order chi connectivity index (χ0) is 21.6. The molecule has 2 N–H and O–H groups in total. The van der Waals surface area contributed by atoms with E-state index < -0.39 is 0 Å². The number of ether oxygens (including phenoxy) is 1. The highest BCUT2D eigenvalue weighted by molar-refractivity contribution is 5.95. The second-order valence-corrected chi connectivity index (χ2v) is 7.78. The van der Waals surface area contributed by atoms with E-state index in [0.29, 0.717) is 38.1 Å². The van der Waals surface area contributed by atoms with E-state index in [4.69, 9.17) is 10.5 Å². The van der Waals surface area contributed by atoms with Gasteiger partial charge in [-0.15, -0.1) is 0 Å². The number of piperidine rings is 1. The molecule has 5 nitrogen and oxygen atoms in total. The van der Waals surface area contributed by atoms with Gasteiger partial charge in [-0.1, -0.05) is 54.6 Å². The molecule has 1 unspecified atom stereocenters. The molecule has 1 aliphatic heterocycles. The summed E-state index contributed by atoms with van der Waals surface area (Å²) in [7, 11) is 0. The number of nitrogens with zero attached hydrogens (tertiary/aromatic N) is 1. The summed E-state index contributed by atoms with van der Waals surface area (Å²) in [5.74, 6) is 0.954. The molecule has 3 aromatic rings. The van der Waals surface area contributed by atoms with Crippen molar-refractivity contribution >= 4 is 11.7 Å². The maximum absolute atomic E-state index is 12.6. The molecule has 1 fully saturated rings. The van der Waals surface area contributed by atoms with E-state index >= 15 is 0 Å². The Morgan fingerprint density at radius 1 is 0.903 bits per heavy atom. The molecule has 158 valence electrons. The molecule has 0 radical (unpaired) electrons. The van der Waals surface area contributed by atoms with Gasteiger partial charge in [0.05, 0.1) is 6.04 Å². The largest absolute Gasteiger partial charge is 0.489 e. The lowest BCUT2D eigenvalue weighted by Gasteiger charge is -2.26. The third-order valence-electron chi connectivity index (χ3n) is 5.59. The Labute approximate surface area is 182 Å². The van der Waals surface area contributed by atoms with Crippen LogP contribution in [0.25, 0.3) is 0 Å². The lowest BCUT2D eigenvalue weighted by Crippen LogP contribution is -2.38. The van der Waals surface area contributed by atoms with Crippen LogP contribution >= 0.6 is 0 Å². The van der Waals surface area contributed by atoms with Crippen molar-refractivity contribution in [1.82, 2.24) is 4.90 Å². The zero-order valence-corrected chi connectivity index (χ0v) is 17.4. The van der Waals surface area contributed by atoms with Gasteiger partial charge in [-0.2, -0.15) is 0 Å². The lowest BCUT2D eigenvalue weighted by molar-refractivity contribution is -0.120. The van der Waals surface area contributed by atoms with E-state index in [1.807, 2.05) is 78.9 Å². The first kappa shape index (κ1) is 20.8. The SMILES string of the molecule is NC(c1ccccc1)c1cccc(OCc2ccc(C(=O)N3CCC(=O)CC3)cc2)c1. The number of carbonyl (C=O) groups is 2. The lowest BCUT2D eigenvalue weighted by atomic mass is 10.00. The topological polar surface area (TPSA) is 72.6 Å². The minimum absolute atomic E-state index is 0.0254. The fraction of sp³-hybridized carbons (Fsp3) is 0.231. The van der Waals surface area contributed by atoms with Crippen LogP contribution < -0.4 is 10.5 Å². The third-order valence-corrected chi connectivity index (χ3v) is 5.59. The Morgan fingerprint density at radius 3 is 2.29 bits per heavy atom. The van der Waals surface area contributed by atoms with Gasteiger partial charge in [-0.25, -0.2) is 0 Å². The van der Waals surface area contributed by atoms with Gasteiger partial charge in [0, 0.05) is 31.5 Å². The Morgan fingerprint density at radius 2 is 1.58 bits per heavy atom. The molecule has 0 aliphatic carbocycles. The number of Topliss-reactive ketones (excluding diaryl/α,β-unsaturated/α-hetero) is 1. The predicted octanol–water partition coefficient (Wildman–Crippen LogP) is 4.12.